The van der Waals surface area contributed by atoms with Crippen LogP contribution < -0.4 is 0 Å². The number of aromatic nitrogens is 2. The van der Waals surface area contributed by atoms with Crippen LogP contribution in [-0.4, -0.2) is 32.1 Å². The first-order valence-electron chi connectivity index (χ1n) is 5.69. The van der Waals surface area contributed by atoms with Crippen molar-refractivity contribution in [1.82, 2.24) is 9.78 Å². The molecule has 0 amide bonds. The van der Waals surface area contributed by atoms with E-state index in [0.29, 0.717) is 0 Å². The van der Waals surface area contributed by atoms with Crippen molar-refractivity contribution in [3.05, 3.63) is 18.0 Å². The quantitative estimate of drug-likeness (QED) is 0.857. The van der Waals surface area contributed by atoms with Crippen LogP contribution in [0, 0.1) is 0 Å². The molecule has 0 bridgehead atoms. The van der Waals surface area contributed by atoms with Gasteiger partial charge in [0, 0.05) is 12.6 Å². The Morgan fingerprint density at radius 3 is 2.59 bits per heavy atom. The van der Waals surface area contributed by atoms with Gasteiger partial charge in [0.1, 0.15) is 0 Å². The van der Waals surface area contributed by atoms with Crippen molar-refractivity contribution in [2.24, 2.45) is 0 Å². The Morgan fingerprint density at radius 2 is 2.18 bits per heavy atom. The van der Waals surface area contributed by atoms with Crippen LogP contribution >= 0.6 is 0 Å². The fourth-order valence-electron chi connectivity index (χ4n) is 2.56. The van der Waals surface area contributed by atoms with Crippen molar-refractivity contribution < 1.29 is 14.6 Å². The lowest BCUT2D eigenvalue weighted by Crippen LogP contribution is -2.31. The van der Waals surface area contributed by atoms with Gasteiger partial charge in [0.05, 0.1) is 29.0 Å². The monoisotopic (exact) mass is 238 g/mol. The SMILES string of the molecule is CC1(C)CC(n2cc(C(=O)O)cn2)C(C)(C)O1. The summed E-state index contributed by atoms with van der Waals surface area (Å²) < 4.78 is 7.67. The van der Waals surface area contributed by atoms with Crippen molar-refractivity contribution in [2.75, 3.05) is 0 Å². The summed E-state index contributed by atoms with van der Waals surface area (Å²) in [4.78, 5) is 10.8. The van der Waals surface area contributed by atoms with E-state index in [1.807, 2.05) is 27.7 Å². The number of aromatic carboxylic acids is 1. The summed E-state index contributed by atoms with van der Waals surface area (Å²) in [5, 5.41) is 13.0. The maximum absolute atomic E-state index is 10.8. The van der Waals surface area contributed by atoms with Crippen LogP contribution in [0.1, 0.15) is 50.5 Å². The van der Waals surface area contributed by atoms with Crippen LogP contribution in [0.3, 0.4) is 0 Å². The molecule has 94 valence electrons. The second kappa shape index (κ2) is 3.57. The zero-order valence-corrected chi connectivity index (χ0v) is 10.6. The standard InChI is InChI=1S/C12H18N2O3/c1-11(2)5-9(12(3,4)17-11)14-7-8(6-13-14)10(15)16/h6-7,9H,5H2,1-4H3,(H,15,16). The summed E-state index contributed by atoms with van der Waals surface area (Å²) in [5.41, 5.74) is -0.333. The van der Waals surface area contributed by atoms with Crippen LogP contribution in [0.4, 0.5) is 0 Å². The molecule has 5 nitrogen and oxygen atoms in total. The number of carbonyl (C=O) groups is 1. The molecule has 0 aliphatic carbocycles. The molecule has 0 radical (unpaired) electrons. The van der Waals surface area contributed by atoms with Crippen molar-refractivity contribution in [3.8, 4) is 0 Å². The topological polar surface area (TPSA) is 64.4 Å². The second-order valence-electron chi connectivity index (χ2n) is 5.70. The zero-order chi connectivity index (χ0) is 12.8. The third-order valence-corrected chi connectivity index (χ3v) is 3.19. The maximum Gasteiger partial charge on any atom is 0.338 e. The van der Waals surface area contributed by atoms with E-state index in [2.05, 4.69) is 5.10 Å². The summed E-state index contributed by atoms with van der Waals surface area (Å²) in [5.74, 6) is -0.952. The van der Waals surface area contributed by atoms with Gasteiger partial charge in [-0.3, -0.25) is 4.68 Å². The van der Waals surface area contributed by atoms with Crippen molar-refractivity contribution in [3.63, 3.8) is 0 Å². The molecular weight excluding hydrogens is 220 g/mol. The molecule has 1 aromatic heterocycles. The van der Waals surface area contributed by atoms with Gasteiger partial charge in [0.15, 0.2) is 0 Å². The number of carboxylic acid groups (broad SMARTS) is 1. The third-order valence-electron chi connectivity index (χ3n) is 3.19. The molecule has 1 atom stereocenters. The smallest absolute Gasteiger partial charge is 0.338 e. The Labute approximate surface area is 100 Å². The molecule has 1 aliphatic rings. The summed E-state index contributed by atoms with van der Waals surface area (Å²) >= 11 is 0. The minimum atomic E-state index is -0.952. The van der Waals surface area contributed by atoms with Crippen molar-refractivity contribution >= 4 is 5.97 Å². The maximum atomic E-state index is 10.8. The molecule has 2 rings (SSSR count). The first kappa shape index (κ1) is 12.1. The highest BCUT2D eigenvalue weighted by Crippen LogP contribution is 2.44. The molecule has 5 heteroatoms. The summed E-state index contributed by atoms with van der Waals surface area (Å²) in [6.45, 7) is 8.09. The Bertz CT molecular complexity index is 448. The van der Waals surface area contributed by atoms with Gasteiger partial charge in [0.2, 0.25) is 0 Å². The van der Waals surface area contributed by atoms with E-state index >= 15 is 0 Å². The Hall–Kier alpha value is -1.36. The van der Waals surface area contributed by atoms with Gasteiger partial charge < -0.3 is 9.84 Å². The van der Waals surface area contributed by atoms with Gasteiger partial charge in [-0.2, -0.15) is 5.10 Å². The minimum Gasteiger partial charge on any atom is -0.478 e. The molecule has 1 fully saturated rings. The summed E-state index contributed by atoms with van der Waals surface area (Å²) in [6.07, 6.45) is 3.77. The minimum absolute atomic E-state index is 0.0607. The van der Waals surface area contributed by atoms with Crippen LogP contribution in [0.2, 0.25) is 0 Å². The second-order valence-corrected chi connectivity index (χ2v) is 5.70. The largest absolute Gasteiger partial charge is 0.478 e. The van der Waals surface area contributed by atoms with Gasteiger partial charge in [0.25, 0.3) is 0 Å². The van der Waals surface area contributed by atoms with E-state index in [9.17, 15) is 4.79 Å². The van der Waals surface area contributed by atoms with Crippen molar-refractivity contribution in [1.29, 1.82) is 0 Å². The fourth-order valence-corrected chi connectivity index (χ4v) is 2.56. The average Bonchev–Trinajstić information content (AvgIpc) is 2.67. The molecule has 0 spiro atoms. The average molecular weight is 238 g/mol. The summed E-state index contributed by atoms with van der Waals surface area (Å²) in [7, 11) is 0. The highest BCUT2D eigenvalue weighted by atomic mass is 16.5. The van der Waals surface area contributed by atoms with Gasteiger partial charge in [-0.1, -0.05) is 0 Å². The van der Waals surface area contributed by atoms with E-state index in [4.69, 9.17) is 9.84 Å². The highest BCUT2D eigenvalue weighted by Gasteiger charge is 2.47. The lowest BCUT2D eigenvalue weighted by molar-refractivity contribution is -0.0737. The zero-order valence-electron chi connectivity index (χ0n) is 10.6. The number of nitrogens with zero attached hydrogens (tertiary/aromatic N) is 2. The van der Waals surface area contributed by atoms with Gasteiger partial charge in [-0.05, 0) is 27.7 Å². The van der Waals surface area contributed by atoms with Gasteiger partial charge in [-0.15, -0.1) is 0 Å². The number of rotatable bonds is 2. The first-order valence-corrected chi connectivity index (χ1v) is 5.69. The van der Waals surface area contributed by atoms with E-state index in [0.717, 1.165) is 6.42 Å². The lowest BCUT2D eigenvalue weighted by Gasteiger charge is -2.27. The molecule has 1 saturated heterocycles. The van der Waals surface area contributed by atoms with Crippen molar-refractivity contribution in [2.45, 2.75) is 51.4 Å². The number of hydrogen-bond donors (Lipinski definition) is 1. The molecule has 1 aliphatic heterocycles. The molecule has 1 aromatic rings. The fraction of sp³-hybridized carbons (Fsp3) is 0.667. The van der Waals surface area contributed by atoms with E-state index in [1.54, 1.807) is 10.9 Å². The van der Waals surface area contributed by atoms with Crippen LogP contribution in [0.15, 0.2) is 12.4 Å². The molecule has 0 saturated carbocycles. The molecule has 0 aromatic carbocycles. The predicted molar refractivity (Wildman–Crippen MR) is 62.1 cm³/mol. The molecule has 1 unspecified atom stereocenters. The number of carboxylic acids is 1. The van der Waals surface area contributed by atoms with Crippen LogP contribution in [-0.2, 0) is 4.74 Å². The molecular formula is C12H18N2O3. The Kier molecular flexibility index (Phi) is 2.54. The molecule has 17 heavy (non-hydrogen) atoms. The van der Waals surface area contributed by atoms with E-state index < -0.39 is 5.97 Å². The first-order chi connectivity index (χ1) is 7.71. The Balaban J connectivity index is 2.30. The normalized spacial score (nSPS) is 26.0. The van der Waals surface area contributed by atoms with E-state index in [-0.39, 0.29) is 22.8 Å². The van der Waals surface area contributed by atoms with Gasteiger partial charge >= 0.3 is 5.97 Å². The lowest BCUT2D eigenvalue weighted by atomic mass is 9.95. The number of ether oxygens (including phenoxy) is 1. The van der Waals surface area contributed by atoms with E-state index in [1.165, 1.54) is 6.20 Å². The molecule has 2 heterocycles. The van der Waals surface area contributed by atoms with Crippen LogP contribution in [0.5, 0.6) is 0 Å². The van der Waals surface area contributed by atoms with Crippen LogP contribution in [0.25, 0.3) is 0 Å². The number of hydrogen-bond acceptors (Lipinski definition) is 3. The Morgan fingerprint density at radius 1 is 1.53 bits per heavy atom. The van der Waals surface area contributed by atoms with Gasteiger partial charge in [-0.25, -0.2) is 4.79 Å². The molecule has 1 N–H and O–H groups in total. The third kappa shape index (κ3) is 2.20. The summed E-state index contributed by atoms with van der Waals surface area (Å²) in [6, 6.07) is 0.0607. The highest BCUT2D eigenvalue weighted by molar-refractivity contribution is 5.86. The predicted octanol–water partition coefficient (Wildman–Crippen LogP) is 2.10.